The number of fused-ring (bicyclic) bond motifs is 10. The first kappa shape index (κ1) is 25.1. The summed E-state index contributed by atoms with van der Waals surface area (Å²) in [6.07, 6.45) is 0. The molecule has 0 amide bonds. The van der Waals surface area contributed by atoms with E-state index in [-0.39, 0.29) is 5.41 Å². The minimum absolute atomic E-state index is 0.283. The van der Waals surface area contributed by atoms with Crippen LogP contribution in [0.1, 0.15) is 25.1 Å². The second kappa shape index (κ2) is 8.87. The van der Waals surface area contributed by atoms with Crippen molar-refractivity contribution >= 4 is 64.1 Å². The Morgan fingerprint density at radius 3 is 2.16 bits per heavy atom. The summed E-state index contributed by atoms with van der Waals surface area (Å²) in [5.74, 6) is 1.71. The van der Waals surface area contributed by atoms with Gasteiger partial charge in [0.15, 0.2) is 5.82 Å². The van der Waals surface area contributed by atoms with E-state index in [2.05, 4.69) is 146 Å². The van der Waals surface area contributed by atoms with Crippen LogP contribution in [-0.4, -0.2) is 14.5 Å². The quantitative estimate of drug-likeness (QED) is 0.200. The molecule has 0 atom stereocenters. The number of nitrogens with zero attached hydrogens (tertiary/aromatic N) is 3. The number of hydrogen-bond donors (Lipinski definition) is 0. The molecule has 4 heteroatoms. The highest BCUT2D eigenvalue weighted by atomic mass is 32.1. The van der Waals surface area contributed by atoms with Gasteiger partial charge in [-0.1, -0.05) is 111 Å². The van der Waals surface area contributed by atoms with Crippen LogP contribution in [0.3, 0.4) is 0 Å². The molecule has 0 unspecified atom stereocenters. The summed E-state index contributed by atoms with van der Waals surface area (Å²) < 4.78 is 4.93. The van der Waals surface area contributed by atoms with Crippen LogP contribution in [0.25, 0.3) is 81.1 Å². The molecular formula is C41H27N3S. The van der Waals surface area contributed by atoms with Crippen molar-refractivity contribution in [2.75, 3.05) is 0 Å². The maximum atomic E-state index is 5.59. The molecule has 0 aliphatic heterocycles. The van der Waals surface area contributed by atoms with Gasteiger partial charge in [-0.05, 0) is 52.2 Å². The Morgan fingerprint density at radius 2 is 1.27 bits per heavy atom. The number of benzene rings is 6. The lowest BCUT2D eigenvalue weighted by atomic mass is 9.85. The minimum Gasteiger partial charge on any atom is -0.293 e. The first-order chi connectivity index (χ1) is 22.1. The normalized spacial score (nSPS) is 13.7. The van der Waals surface area contributed by atoms with Gasteiger partial charge in [-0.15, -0.1) is 11.3 Å². The lowest BCUT2D eigenvalue weighted by Crippen LogP contribution is -2.18. The third-order valence-corrected chi connectivity index (χ3v) is 10.9. The van der Waals surface area contributed by atoms with Gasteiger partial charge in [-0.25, -0.2) is 9.97 Å². The fourth-order valence-corrected chi connectivity index (χ4v) is 8.78. The molecule has 0 saturated carbocycles. The fraction of sp³-hybridized carbons (Fsp3) is 0.0732. The van der Waals surface area contributed by atoms with Crippen molar-refractivity contribution in [3.63, 3.8) is 0 Å². The molecule has 45 heavy (non-hydrogen) atoms. The molecule has 3 nitrogen and oxygen atoms in total. The standard InChI is InChI=1S/C41H27N3S/c1-41(2)31-18-8-5-15-27(31)37-38(41)42-39(29-17-11-21-35-36(29)28-16-7-10-20-34(28)45-35)43-40(37)44-32-19-9-6-14-26(32)30-22-24-12-3-4-13-25(24)23-33(30)44/h3-23H,1-2H3. The van der Waals surface area contributed by atoms with Gasteiger partial charge in [0, 0.05) is 47.5 Å². The molecule has 0 N–H and O–H groups in total. The van der Waals surface area contributed by atoms with Gasteiger partial charge in [0.2, 0.25) is 0 Å². The second-order valence-corrected chi connectivity index (χ2v) is 13.7. The molecule has 3 aromatic heterocycles. The number of rotatable bonds is 2. The highest BCUT2D eigenvalue weighted by molar-refractivity contribution is 7.25. The van der Waals surface area contributed by atoms with Crippen molar-refractivity contribution in [2.45, 2.75) is 19.3 Å². The predicted octanol–water partition coefficient (Wildman–Crippen LogP) is 11.1. The molecule has 9 aromatic rings. The molecule has 1 aliphatic rings. The van der Waals surface area contributed by atoms with Crippen molar-refractivity contribution in [1.29, 1.82) is 0 Å². The van der Waals surface area contributed by atoms with Crippen molar-refractivity contribution in [2.24, 2.45) is 0 Å². The zero-order chi connectivity index (χ0) is 29.9. The highest BCUT2D eigenvalue weighted by Crippen LogP contribution is 2.51. The van der Waals surface area contributed by atoms with E-state index in [9.17, 15) is 0 Å². The SMILES string of the molecule is CC1(C)c2ccccc2-c2c(-n3c4ccccc4c4cc5ccccc5cc43)nc(-c3cccc4sc5ccccc5c34)nc21. The van der Waals surface area contributed by atoms with E-state index < -0.39 is 0 Å². The molecular weight excluding hydrogens is 567 g/mol. The van der Waals surface area contributed by atoms with Crippen molar-refractivity contribution in [3.05, 3.63) is 139 Å². The Labute approximate surface area is 264 Å². The summed E-state index contributed by atoms with van der Waals surface area (Å²) in [5.41, 5.74) is 7.80. The minimum atomic E-state index is -0.283. The molecule has 3 heterocycles. The summed E-state index contributed by atoms with van der Waals surface area (Å²) in [5, 5.41) is 7.40. The van der Waals surface area contributed by atoms with Crippen LogP contribution >= 0.6 is 11.3 Å². The maximum Gasteiger partial charge on any atom is 0.162 e. The largest absolute Gasteiger partial charge is 0.293 e. The van der Waals surface area contributed by atoms with Crippen molar-refractivity contribution in [3.8, 4) is 28.3 Å². The number of hydrogen-bond acceptors (Lipinski definition) is 3. The van der Waals surface area contributed by atoms with E-state index in [0.29, 0.717) is 0 Å². The topological polar surface area (TPSA) is 30.7 Å². The molecule has 10 rings (SSSR count). The Kier molecular flexibility index (Phi) is 4.94. The van der Waals surface area contributed by atoms with E-state index in [0.717, 1.165) is 39.5 Å². The summed E-state index contributed by atoms with van der Waals surface area (Å²) in [6, 6.07) is 46.1. The average Bonchev–Trinajstić information content (AvgIpc) is 3.69. The van der Waals surface area contributed by atoms with E-state index in [1.54, 1.807) is 0 Å². The Hall–Kier alpha value is -5.32. The molecule has 0 radical (unpaired) electrons. The smallest absolute Gasteiger partial charge is 0.162 e. The van der Waals surface area contributed by atoms with Crippen LogP contribution in [0, 0.1) is 0 Å². The third kappa shape index (κ3) is 3.35. The molecule has 0 saturated heterocycles. The molecule has 0 spiro atoms. The average molecular weight is 594 g/mol. The van der Waals surface area contributed by atoms with Gasteiger partial charge < -0.3 is 0 Å². The van der Waals surface area contributed by atoms with E-state index >= 15 is 0 Å². The van der Waals surface area contributed by atoms with Gasteiger partial charge in [0.1, 0.15) is 5.82 Å². The lowest BCUT2D eigenvalue weighted by molar-refractivity contribution is 0.635. The molecule has 6 aromatic carbocycles. The maximum absolute atomic E-state index is 5.59. The third-order valence-electron chi connectivity index (χ3n) is 9.75. The molecule has 212 valence electrons. The van der Waals surface area contributed by atoms with Crippen LogP contribution in [0.4, 0.5) is 0 Å². The number of aromatic nitrogens is 3. The Morgan fingerprint density at radius 1 is 0.578 bits per heavy atom. The molecule has 1 aliphatic carbocycles. The molecule has 0 bridgehead atoms. The fourth-order valence-electron chi connectivity index (χ4n) is 7.65. The van der Waals surface area contributed by atoms with Crippen LogP contribution in [0.15, 0.2) is 127 Å². The van der Waals surface area contributed by atoms with Crippen LogP contribution in [0.5, 0.6) is 0 Å². The van der Waals surface area contributed by atoms with Crippen molar-refractivity contribution < 1.29 is 0 Å². The van der Waals surface area contributed by atoms with Gasteiger partial charge in [-0.2, -0.15) is 0 Å². The zero-order valence-electron chi connectivity index (χ0n) is 24.9. The monoisotopic (exact) mass is 593 g/mol. The first-order valence-electron chi connectivity index (χ1n) is 15.4. The van der Waals surface area contributed by atoms with Gasteiger partial charge in [-0.3, -0.25) is 4.57 Å². The summed E-state index contributed by atoms with van der Waals surface area (Å²) in [6.45, 7) is 4.61. The van der Waals surface area contributed by atoms with Crippen LogP contribution in [-0.2, 0) is 5.41 Å². The Balaban J connectivity index is 1.39. The van der Waals surface area contributed by atoms with Gasteiger partial charge >= 0.3 is 0 Å². The van der Waals surface area contributed by atoms with Gasteiger partial charge in [0.05, 0.1) is 16.7 Å². The van der Waals surface area contributed by atoms with Crippen molar-refractivity contribution in [1.82, 2.24) is 14.5 Å². The zero-order valence-corrected chi connectivity index (χ0v) is 25.7. The summed E-state index contributed by atoms with van der Waals surface area (Å²) in [7, 11) is 0. The van der Waals surface area contributed by atoms with E-state index in [1.807, 2.05) is 11.3 Å². The molecule has 0 fully saturated rings. The van der Waals surface area contributed by atoms with Crippen LogP contribution in [0.2, 0.25) is 0 Å². The van der Waals surface area contributed by atoms with E-state index in [1.165, 1.54) is 52.8 Å². The van der Waals surface area contributed by atoms with Gasteiger partial charge in [0.25, 0.3) is 0 Å². The highest BCUT2D eigenvalue weighted by Gasteiger charge is 2.40. The lowest BCUT2D eigenvalue weighted by Gasteiger charge is -2.21. The predicted molar refractivity (Wildman–Crippen MR) is 190 cm³/mol. The van der Waals surface area contributed by atoms with Crippen LogP contribution < -0.4 is 0 Å². The number of para-hydroxylation sites is 1. The summed E-state index contributed by atoms with van der Waals surface area (Å²) in [4.78, 5) is 11.1. The second-order valence-electron chi connectivity index (χ2n) is 12.6. The summed E-state index contributed by atoms with van der Waals surface area (Å²) >= 11 is 1.83. The van der Waals surface area contributed by atoms with E-state index in [4.69, 9.17) is 9.97 Å². The number of thiophene rings is 1. The Bertz CT molecular complexity index is 2690. The first-order valence-corrected chi connectivity index (χ1v) is 16.2.